The van der Waals surface area contributed by atoms with Crippen molar-refractivity contribution < 1.29 is 9.47 Å². The Hall–Kier alpha value is -1.88. The Balaban J connectivity index is 1.15. The average molecular weight is 461 g/mol. The fourth-order valence-corrected chi connectivity index (χ4v) is 7.41. The van der Waals surface area contributed by atoms with E-state index in [-0.39, 0.29) is 5.41 Å². The quantitative estimate of drug-likeness (QED) is 0.602. The zero-order valence-corrected chi connectivity index (χ0v) is 20.8. The van der Waals surface area contributed by atoms with Crippen molar-refractivity contribution in [1.29, 1.82) is 0 Å². The molecule has 34 heavy (non-hydrogen) atoms. The SMILES string of the molecule is CCCC(N1CCC2(CC1)COCc1ccccc12)N1CCC2(CCOc3ccccc32)CC1. The Kier molecular flexibility index (Phi) is 6.17. The van der Waals surface area contributed by atoms with Crippen LogP contribution >= 0.6 is 0 Å². The first-order valence-corrected chi connectivity index (χ1v) is 13.6. The average Bonchev–Trinajstić information content (AvgIpc) is 2.89. The Bertz CT molecular complexity index is 911. The van der Waals surface area contributed by atoms with Crippen LogP contribution in [0.4, 0.5) is 0 Å². The number of nitrogens with zero attached hydrogens (tertiary/aromatic N) is 2. The Morgan fingerprint density at radius 3 is 2.18 bits per heavy atom. The van der Waals surface area contributed by atoms with Crippen LogP contribution in [0.5, 0.6) is 5.75 Å². The van der Waals surface area contributed by atoms with Crippen molar-refractivity contribution in [3.63, 3.8) is 0 Å². The maximum atomic E-state index is 6.10. The van der Waals surface area contributed by atoms with Gasteiger partial charge in [-0.1, -0.05) is 55.8 Å². The molecule has 4 heteroatoms. The van der Waals surface area contributed by atoms with Crippen molar-refractivity contribution in [1.82, 2.24) is 9.80 Å². The maximum Gasteiger partial charge on any atom is 0.123 e. The van der Waals surface area contributed by atoms with Crippen LogP contribution in [0, 0.1) is 0 Å². The maximum absolute atomic E-state index is 6.10. The number of benzene rings is 2. The molecule has 0 N–H and O–H groups in total. The van der Waals surface area contributed by atoms with Gasteiger partial charge in [-0.05, 0) is 55.7 Å². The second-order valence-corrected chi connectivity index (χ2v) is 11.1. The van der Waals surface area contributed by atoms with Crippen LogP contribution in [0.25, 0.3) is 0 Å². The second kappa shape index (κ2) is 9.29. The molecule has 2 fully saturated rings. The van der Waals surface area contributed by atoms with Crippen molar-refractivity contribution in [3.8, 4) is 5.75 Å². The van der Waals surface area contributed by atoms with Crippen molar-refractivity contribution >= 4 is 0 Å². The molecule has 1 unspecified atom stereocenters. The highest BCUT2D eigenvalue weighted by molar-refractivity contribution is 5.42. The van der Waals surface area contributed by atoms with Gasteiger partial charge in [-0.2, -0.15) is 0 Å². The van der Waals surface area contributed by atoms with Crippen LogP contribution < -0.4 is 4.74 Å². The van der Waals surface area contributed by atoms with E-state index < -0.39 is 0 Å². The summed E-state index contributed by atoms with van der Waals surface area (Å²) < 4.78 is 12.1. The summed E-state index contributed by atoms with van der Waals surface area (Å²) >= 11 is 0. The molecule has 4 aliphatic rings. The van der Waals surface area contributed by atoms with Gasteiger partial charge in [0.2, 0.25) is 0 Å². The van der Waals surface area contributed by atoms with Gasteiger partial charge in [0.1, 0.15) is 5.75 Å². The molecule has 4 nitrogen and oxygen atoms in total. The number of ether oxygens (including phenoxy) is 2. The van der Waals surface area contributed by atoms with Gasteiger partial charge in [0, 0.05) is 42.6 Å². The number of hydrogen-bond donors (Lipinski definition) is 0. The summed E-state index contributed by atoms with van der Waals surface area (Å²) in [6, 6.07) is 17.8. The Morgan fingerprint density at radius 1 is 0.794 bits per heavy atom. The fourth-order valence-electron chi connectivity index (χ4n) is 7.41. The molecule has 0 saturated carbocycles. The third-order valence-electron chi connectivity index (χ3n) is 9.42. The van der Waals surface area contributed by atoms with Gasteiger partial charge < -0.3 is 9.47 Å². The highest BCUT2D eigenvalue weighted by Crippen LogP contribution is 2.47. The minimum absolute atomic E-state index is 0.222. The number of likely N-dealkylation sites (tertiary alicyclic amines) is 2. The lowest BCUT2D eigenvalue weighted by atomic mass is 9.69. The molecular weight excluding hydrogens is 420 g/mol. The molecule has 6 rings (SSSR count). The summed E-state index contributed by atoms with van der Waals surface area (Å²) in [5.41, 5.74) is 4.97. The summed E-state index contributed by atoms with van der Waals surface area (Å²) in [5, 5.41) is 0. The first-order chi connectivity index (χ1) is 16.7. The van der Waals surface area contributed by atoms with Crippen LogP contribution in [0.2, 0.25) is 0 Å². The zero-order chi connectivity index (χ0) is 23.0. The summed E-state index contributed by atoms with van der Waals surface area (Å²) in [4.78, 5) is 5.62. The van der Waals surface area contributed by atoms with E-state index in [9.17, 15) is 0 Å². The van der Waals surface area contributed by atoms with Gasteiger partial charge in [0.25, 0.3) is 0 Å². The molecule has 0 radical (unpaired) electrons. The van der Waals surface area contributed by atoms with Gasteiger partial charge in [0.15, 0.2) is 0 Å². The Morgan fingerprint density at radius 2 is 1.44 bits per heavy atom. The van der Waals surface area contributed by atoms with E-state index in [1.807, 2.05) is 0 Å². The summed E-state index contributed by atoms with van der Waals surface area (Å²) in [7, 11) is 0. The van der Waals surface area contributed by atoms with E-state index >= 15 is 0 Å². The smallest absolute Gasteiger partial charge is 0.123 e. The fraction of sp³-hybridized carbons (Fsp3) is 0.600. The molecule has 2 saturated heterocycles. The van der Waals surface area contributed by atoms with Crippen molar-refractivity contribution in [2.75, 3.05) is 39.4 Å². The molecule has 0 aliphatic carbocycles. The molecule has 0 bridgehead atoms. The molecule has 0 aromatic heterocycles. The normalized spacial score (nSPS) is 24.9. The van der Waals surface area contributed by atoms with Crippen LogP contribution in [-0.4, -0.2) is 55.4 Å². The minimum atomic E-state index is 0.222. The van der Waals surface area contributed by atoms with E-state index in [0.29, 0.717) is 11.6 Å². The zero-order valence-electron chi connectivity index (χ0n) is 20.8. The monoisotopic (exact) mass is 460 g/mol. The second-order valence-electron chi connectivity index (χ2n) is 11.1. The van der Waals surface area contributed by atoms with E-state index in [4.69, 9.17) is 9.47 Å². The lowest BCUT2D eigenvalue weighted by Gasteiger charge is -2.52. The molecule has 2 aromatic rings. The van der Waals surface area contributed by atoms with Gasteiger partial charge in [-0.15, -0.1) is 0 Å². The lowest BCUT2D eigenvalue weighted by molar-refractivity contribution is -0.0376. The minimum Gasteiger partial charge on any atom is -0.493 e. The van der Waals surface area contributed by atoms with Crippen molar-refractivity contribution in [3.05, 3.63) is 65.2 Å². The van der Waals surface area contributed by atoms with Crippen LogP contribution in [0.1, 0.15) is 68.6 Å². The Labute approximate surface area is 205 Å². The molecule has 2 spiro atoms. The molecule has 1 atom stereocenters. The third kappa shape index (κ3) is 3.88. The predicted octanol–water partition coefficient (Wildman–Crippen LogP) is 5.49. The number of piperidine rings is 2. The highest BCUT2D eigenvalue weighted by Gasteiger charge is 2.44. The van der Waals surface area contributed by atoms with Crippen LogP contribution in [0.15, 0.2) is 48.5 Å². The molecule has 4 aliphatic heterocycles. The van der Waals surface area contributed by atoms with Crippen molar-refractivity contribution in [2.45, 2.75) is 75.5 Å². The molecule has 2 aromatic carbocycles. The molecular formula is C30H40N2O2. The number of para-hydroxylation sites is 1. The summed E-state index contributed by atoms with van der Waals surface area (Å²) in [5.74, 6) is 1.13. The van der Waals surface area contributed by atoms with E-state index in [0.717, 1.165) is 25.6 Å². The van der Waals surface area contributed by atoms with Gasteiger partial charge in [0.05, 0.1) is 26.0 Å². The predicted molar refractivity (Wildman–Crippen MR) is 136 cm³/mol. The van der Waals surface area contributed by atoms with E-state index in [1.54, 1.807) is 5.56 Å². The molecule has 4 heterocycles. The standard InChI is InChI=1S/C30H40N2O2/c1-2-7-28(31-17-12-29(13-18-31)16-21-34-27-11-6-5-10-26(27)29)32-19-14-30(15-20-32)23-33-22-24-8-3-4-9-25(24)30/h3-6,8-11,28H,2,7,12-23H2,1H3. The van der Waals surface area contributed by atoms with Gasteiger partial charge in [-0.3, -0.25) is 9.80 Å². The van der Waals surface area contributed by atoms with Gasteiger partial charge in [-0.25, -0.2) is 0 Å². The molecule has 0 amide bonds. The van der Waals surface area contributed by atoms with Crippen LogP contribution in [0.3, 0.4) is 0 Å². The first kappa shape index (κ1) is 22.6. The molecule has 182 valence electrons. The first-order valence-electron chi connectivity index (χ1n) is 13.6. The van der Waals surface area contributed by atoms with Gasteiger partial charge >= 0.3 is 0 Å². The highest BCUT2D eigenvalue weighted by atomic mass is 16.5. The summed E-state index contributed by atoms with van der Waals surface area (Å²) in [6.45, 7) is 9.66. The van der Waals surface area contributed by atoms with E-state index in [1.165, 1.54) is 82.3 Å². The lowest BCUT2D eigenvalue weighted by Crippen LogP contribution is -2.57. The van der Waals surface area contributed by atoms with Crippen LogP contribution in [-0.2, 0) is 22.2 Å². The third-order valence-corrected chi connectivity index (χ3v) is 9.42. The number of rotatable bonds is 4. The van der Waals surface area contributed by atoms with Crippen molar-refractivity contribution in [2.24, 2.45) is 0 Å². The largest absolute Gasteiger partial charge is 0.493 e. The number of fused-ring (bicyclic) bond motifs is 4. The summed E-state index contributed by atoms with van der Waals surface area (Å²) in [6.07, 6.45) is 9.21. The number of hydrogen-bond acceptors (Lipinski definition) is 4. The van der Waals surface area contributed by atoms with E-state index in [2.05, 4.69) is 65.3 Å². The topological polar surface area (TPSA) is 24.9 Å².